The number of hydrogen-bond acceptors (Lipinski definition) is 5. The molecular weight excluding hydrogens is 456 g/mol. The van der Waals surface area contributed by atoms with E-state index < -0.39 is 35.4 Å². The van der Waals surface area contributed by atoms with E-state index in [4.69, 9.17) is 4.74 Å². The molecule has 1 N–H and O–H groups in total. The van der Waals surface area contributed by atoms with E-state index in [-0.39, 0.29) is 21.7 Å². The Bertz CT molecular complexity index is 1130. The molecule has 0 amide bonds. The second-order valence-corrected chi connectivity index (χ2v) is 6.43. The van der Waals surface area contributed by atoms with Crippen LogP contribution < -0.4 is 10.1 Å². The van der Waals surface area contributed by atoms with Crippen LogP contribution >= 0.6 is 0 Å². The van der Waals surface area contributed by atoms with Crippen LogP contribution in [0, 0.1) is 0 Å². The van der Waals surface area contributed by atoms with Crippen LogP contribution in [-0.2, 0) is 19.1 Å². The summed E-state index contributed by atoms with van der Waals surface area (Å²) in [6, 6.07) is 4.72. The number of nitrogens with zero attached hydrogens (tertiary/aromatic N) is 5. The van der Waals surface area contributed by atoms with Gasteiger partial charge in [0.25, 0.3) is 0 Å². The summed E-state index contributed by atoms with van der Waals surface area (Å²) in [6.07, 6.45) is -11.0. The third-order valence-electron chi connectivity index (χ3n) is 4.43. The maximum atomic E-state index is 13.8. The third kappa shape index (κ3) is 3.71. The Kier molecular flexibility index (Phi) is 5.55. The standard InChI is InChI=1S/C17H14F8N6O/c1-26-9-6-4-5-8(12(9)32-3)10-7-31(29-27-10)14-11(16(20,21)22)13(28-30(14)2)15(18,19)17(23,24)25/h4-7,26H,1-3H3. The molecule has 3 rings (SSSR count). The minimum atomic E-state index is -6.30. The molecule has 7 nitrogen and oxygen atoms in total. The molecule has 32 heavy (non-hydrogen) atoms. The quantitative estimate of drug-likeness (QED) is 0.561. The number of aryl methyl sites for hydroxylation is 1. The maximum absolute atomic E-state index is 13.8. The minimum Gasteiger partial charge on any atom is -0.494 e. The molecule has 2 aromatic heterocycles. The summed E-state index contributed by atoms with van der Waals surface area (Å²) in [5.74, 6) is -6.77. The molecule has 0 saturated carbocycles. The van der Waals surface area contributed by atoms with Crippen molar-refractivity contribution >= 4 is 5.69 Å². The Morgan fingerprint density at radius 2 is 1.69 bits per heavy atom. The molecule has 0 fully saturated rings. The van der Waals surface area contributed by atoms with Crippen LogP contribution in [0.2, 0.25) is 0 Å². The van der Waals surface area contributed by atoms with Gasteiger partial charge in [-0.1, -0.05) is 11.3 Å². The van der Waals surface area contributed by atoms with Crippen LogP contribution in [0.4, 0.5) is 40.8 Å². The van der Waals surface area contributed by atoms with Crippen LogP contribution in [0.25, 0.3) is 17.1 Å². The van der Waals surface area contributed by atoms with Gasteiger partial charge in [-0.25, -0.2) is 9.36 Å². The lowest BCUT2D eigenvalue weighted by atomic mass is 10.1. The molecule has 0 spiro atoms. The molecule has 3 aromatic rings. The number of rotatable bonds is 5. The molecule has 0 aliphatic heterocycles. The lowest BCUT2D eigenvalue weighted by Crippen LogP contribution is -2.36. The van der Waals surface area contributed by atoms with Crippen LogP contribution in [0.5, 0.6) is 5.75 Å². The number of anilines is 1. The van der Waals surface area contributed by atoms with Crippen LogP contribution in [0.3, 0.4) is 0 Å². The summed E-state index contributed by atoms with van der Waals surface area (Å²) < 4.78 is 113. The summed E-state index contributed by atoms with van der Waals surface area (Å²) in [5.41, 5.74) is -4.01. The number of benzene rings is 1. The van der Waals surface area contributed by atoms with Crippen LogP contribution in [0.15, 0.2) is 24.4 Å². The van der Waals surface area contributed by atoms with Gasteiger partial charge < -0.3 is 10.1 Å². The largest absolute Gasteiger partial charge is 0.494 e. The van der Waals surface area contributed by atoms with Gasteiger partial charge in [0.1, 0.15) is 11.3 Å². The smallest absolute Gasteiger partial charge is 0.459 e. The fourth-order valence-electron chi connectivity index (χ4n) is 3.04. The molecule has 0 radical (unpaired) electrons. The number of methoxy groups -OCH3 is 1. The van der Waals surface area contributed by atoms with Crippen molar-refractivity contribution in [2.75, 3.05) is 19.5 Å². The van der Waals surface area contributed by atoms with Gasteiger partial charge in [0.05, 0.1) is 19.0 Å². The van der Waals surface area contributed by atoms with E-state index in [0.29, 0.717) is 10.4 Å². The molecular formula is C17H14F8N6O. The molecule has 0 atom stereocenters. The molecule has 0 bridgehead atoms. The Labute approximate surface area is 174 Å². The van der Waals surface area contributed by atoms with E-state index in [1.807, 2.05) is 0 Å². The Hall–Kier alpha value is -3.39. The topological polar surface area (TPSA) is 69.8 Å². The average molecular weight is 470 g/mol. The maximum Gasteiger partial charge on any atom is 0.459 e. The van der Waals surface area contributed by atoms with Crippen molar-refractivity contribution in [3.63, 3.8) is 0 Å². The first-order valence-corrected chi connectivity index (χ1v) is 8.61. The van der Waals surface area contributed by atoms with Gasteiger partial charge in [0.15, 0.2) is 17.3 Å². The molecule has 0 unspecified atom stereocenters. The SMILES string of the molecule is CNc1cccc(-c2cn(-c3c(C(F)(F)F)c(C(F)(F)C(F)(F)F)nn3C)nn2)c1OC. The van der Waals surface area contributed by atoms with Gasteiger partial charge >= 0.3 is 18.3 Å². The molecule has 0 saturated heterocycles. The fourth-order valence-corrected chi connectivity index (χ4v) is 3.04. The van der Waals surface area contributed by atoms with E-state index in [9.17, 15) is 35.1 Å². The first-order valence-electron chi connectivity index (χ1n) is 8.61. The lowest BCUT2D eigenvalue weighted by Gasteiger charge is -2.19. The second-order valence-electron chi connectivity index (χ2n) is 6.43. The van der Waals surface area contributed by atoms with Crippen LogP contribution in [0.1, 0.15) is 11.3 Å². The number of para-hydroxylation sites is 1. The highest BCUT2D eigenvalue weighted by Gasteiger charge is 2.64. The van der Waals surface area contributed by atoms with Gasteiger partial charge in [-0.3, -0.25) is 0 Å². The van der Waals surface area contributed by atoms with Gasteiger partial charge in [0, 0.05) is 19.7 Å². The number of halogens is 8. The predicted octanol–water partition coefficient (Wildman–Crippen LogP) is 4.39. The second kappa shape index (κ2) is 7.63. The van der Waals surface area contributed by atoms with Gasteiger partial charge in [-0.2, -0.15) is 40.2 Å². The lowest BCUT2D eigenvalue weighted by molar-refractivity contribution is -0.292. The zero-order chi connectivity index (χ0) is 24.1. The van der Waals surface area contributed by atoms with Crippen molar-refractivity contribution < 1.29 is 39.9 Å². The fraction of sp³-hybridized carbons (Fsp3) is 0.353. The molecule has 0 aliphatic rings. The molecule has 0 aliphatic carbocycles. The number of nitrogens with one attached hydrogen (secondary N) is 1. The normalized spacial score (nSPS) is 12.8. The zero-order valence-corrected chi connectivity index (χ0v) is 16.5. The third-order valence-corrected chi connectivity index (χ3v) is 4.43. The molecule has 15 heteroatoms. The summed E-state index contributed by atoms with van der Waals surface area (Å²) in [7, 11) is 3.70. The highest BCUT2D eigenvalue weighted by molar-refractivity contribution is 5.75. The van der Waals surface area contributed by atoms with E-state index in [1.54, 1.807) is 19.2 Å². The zero-order valence-electron chi connectivity index (χ0n) is 16.5. The van der Waals surface area contributed by atoms with E-state index >= 15 is 0 Å². The predicted molar refractivity (Wildman–Crippen MR) is 94.6 cm³/mol. The highest BCUT2D eigenvalue weighted by Crippen LogP contribution is 2.49. The molecule has 174 valence electrons. The Balaban J connectivity index is 2.23. The van der Waals surface area contributed by atoms with Crippen molar-refractivity contribution in [2.45, 2.75) is 18.3 Å². The number of ether oxygens (including phenoxy) is 1. The number of alkyl halides is 8. The van der Waals surface area contributed by atoms with E-state index in [0.717, 1.165) is 13.2 Å². The van der Waals surface area contributed by atoms with Gasteiger partial charge in [0.2, 0.25) is 0 Å². The summed E-state index contributed by atoms with van der Waals surface area (Å²) in [5, 5.41) is 12.9. The van der Waals surface area contributed by atoms with Gasteiger partial charge in [-0.15, -0.1) is 5.10 Å². The van der Waals surface area contributed by atoms with Crippen molar-refractivity contribution in [3.05, 3.63) is 35.7 Å². The summed E-state index contributed by atoms with van der Waals surface area (Å²) in [6.45, 7) is 0. The molecule has 1 aromatic carbocycles. The minimum absolute atomic E-state index is 0.0302. The van der Waals surface area contributed by atoms with Crippen molar-refractivity contribution in [1.82, 2.24) is 24.8 Å². The van der Waals surface area contributed by atoms with E-state index in [1.165, 1.54) is 13.2 Å². The highest BCUT2D eigenvalue weighted by atomic mass is 19.4. The van der Waals surface area contributed by atoms with Crippen molar-refractivity contribution in [1.29, 1.82) is 0 Å². The Morgan fingerprint density at radius 1 is 1.03 bits per heavy atom. The average Bonchev–Trinajstić information content (AvgIpc) is 3.30. The number of hydrogen-bond donors (Lipinski definition) is 1. The van der Waals surface area contributed by atoms with E-state index in [2.05, 4.69) is 20.7 Å². The van der Waals surface area contributed by atoms with Crippen LogP contribution in [-0.4, -0.2) is 45.1 Å². The number of aromatic nitrogens is 5. The Morgan fingerprint density at radius 3 is 2.22 bits per heavy atom. The first-order chi connectivity index (χ1) is 14.7. The first kappa shape index (κ1) is 23.3. The summed E-state index contributed by atoms with van der Waals surface area (Å²) >= 11 is 0. The monoisotopic (exact) mass is 470 g/mol. The van der Waals surface area contributed by atoms with Crippen molar-refractivity contribution in [2.24, 2.45) is 7.05 Å². The van der Waals surface area contributed by atoms with Gasteiger partial charge in [-0.05, 0) is 12.1 Å². The van der Waals surface area contributed by atoms with Crippen molar-refractivity contribution in [3.8, 4) is 22.8 Å². The summed E-state index contributed by atoms with van der Waals surface area (Å²) in [4.78, 5) is 0. The molecule has 2 heterocycles.